The zero-order chi connectivity index (χ0) is 17.8. The van der Waals surface area contributed by atoms with Gasteiger partial charge in [0.05, 0.1) is 49.9 Å². The molecular weight excluding hydrogens is 346 g/mol. The van der Waals surface area contributed by atoms with Crippen molar-refractivity contribution >= 4 is 17.5 Å². The van der Waals surface area contributed by atoms with E-state index in [2.05, 4.69) is 30.7 Å². The molecule has 0 spiro atoms. The van der Waals surface area contributed by atoms with Crippen LogP contribution >= 0.6 is 11.6 Å². The Balaban J connectivity index is 1.83. The summed E-state index contributed by atoms with van der Waals surface area (Å²) < 4.78 is 5.41. The summed E-state index contributed by atoms with van der Waals surface area (Å²) in [6.07, 6.45) is 2.92. The van der Waals surface area contributed by atoms with Crippen molar-refractivity contribution in [2.24, 2.45) is 7.05 Å². The van der Waals surface area contributed by atoms with Crippen LogP contribution in [-0.2, 0) is 13.6 Å². The monoisotopic (exact) mass is 359 g/mol. The summed E-state index contributed by atoms with van der Waals surface area (Å²) >= 11 is 5.69. The molecule has 2 heterocycles. The molecule has 0 aliphatic heterocycles. The molecule has 0 saturated heterocycles. The van der Waals surface area contributed by atoms with Gasteiger partial charge in [0.25, 0.3) is 5.91 Å². The molecule has 0 unspecified atom stereocenters. The Labute approximate surface area is 148 Å². The van der Waals surface area contributed by atoms with Crippen LogP contribution < -0.4 is 10.1 Å². The number of hydrogen-bond donors (Lipinski definition) is 1. The van der Waals surface area contributed by atoms with Gasteiger partial charge in [-0.05, 0) is 17.3 Å². The molecule has 2 aromatic heterocycles. The van der Waals surface area contributed by atoms with E-state index in [-0.39, 0.29) is 12.5 Å². The predicted octanol–water partition coefficient (Wildman–Crippen LogP) is 1.26. The second kappa shape index (κ2) is 7.22. The third-order valence-corrected chi connectivity index (χ3v) is 3.51. The Hall–Kier alpha value is -3.07. The third kappa shape index (κ3) is 3.72. The van der Waals surface area contributed by atoms with Crippen LogP contribution in [0.5, 0.6) is 5.75 Å². The number of methoxy groups -OCH3 is 1. The molecule has 0 aliphatic rings. The molecule has 0 atom stereocenters. The maximum Gasteiger partial charge on any atom is 0.255 e. The van der Waals surface area contributed by atoms with Gasteiger partial charge in [0.15, 0.2) is 0 Å². The topological polar surface area (TPSA) is 108 Å². The second-order valence-corrected chi connectivity index (χ2v) is 5.39. The van der Waals surface area contributed by atoms with Crippen LogP contribution in [-0.4, -0.2) is 43.2 Å². The molecule has 0 fully saturated rings. The molecule has 3 aromatic rings. The lowest BCUT2D eigenvalue weighted by atomic mass is 10.1. The highest BCUT2D eigenvalue weighted by Crippen LogP contribution is 2.30. The average Bonchev–Trinajstić information content (AvgIpc) is 3.06. The number of benzene rings is 1. The molecule has 25 heavy (non-hydrogen) atoms. The largest absolute Gasteiger partial charge is 0.495 e. The number of halogens is 1. The summed E-state index contributed by atoms with van der Waals surface area (Å²) in [7, 11) is 3.14. The molecule has 1 amide bonds. The van der Waals surface area contributed by atoms with Gasteiger partial charge in [0.1, 0.15) is 10.9 Å². The molecule has 0 bridgehead atoms. The number of ether oxygens (including phenoxy) is 1. The van der Waals surface area contributed by atoms with Gasteiger partial charge >= 0.3 is 0 Å². The fraction of sp³-hybridized carbons (Fsp3) is 0.200. The first-order valence-corrected chi connectivity index (χ1v) is 7.62. The highest BCUT2D eigenvalue weighted by molar-refractivity contribution is 6.29. The minimum Gasteiger partial charge on any atom is -0.495 e. The van der Waals surface area contributed by atoms with Crippen molar-refractivity contribution in [3.63, 3.8) is 0 Å². The van der Waals surface area contributed by atoms with Crippen LogP contribution in [0.4, 0.5) is 0 Å². The van der Waals surface area contributed by atoms with Gasteiger partial charge in [-0.25, -0.2) is 4.98 Å². The summed E-state index contributed by atoms with van der Waals surface area (Å²) in [5.74, 6) is 0.423. The van der Waals surface area contributed by atoms with Crippen LogP contribution in [0.3, 0.4) is 0 Å². The summed E-state index contributed by atoms with van der Waals surface area (Å²) in [6.45, 7) is 0.208. The Morgan fingerprint density at radius 2 is 2.16 bits per heavy atom. The lowest BCUT2D eigenvalue weighted by molar-refractivity contribution is 0.0947. The van der Waals surface area contributed by atoms with Crippen LogP contribution in [0.25, 0.3) is 11.4 Å². The maximum absolute atomic E-state index is 12.5. The van der Waals surface area contributed by atoms with Crippen molar-refractivity contribution in [2.45, 2.75) is 6.54 Å². The first-order chi connectivity index (χ1) is 12.1. The van der Waals surface area contributed by atoms with E-state index in [1.165, 1.54) is 24.3 Å². The minimum atomic E-state index is -0.320. The summed E-state index contributed by atoms with van der Waals surface area (Å²) in [6, 6.07) is 5.14. The Kier molecular flexibility index (Phi) is 4.85. The number of amides is 1. The van der Waals surface area contributed by atoms with Gasteiger partial charge in [-0.3, -0.25) is 9.78 Å². The number of aryl methyl sites for hydroxylation is 1. The van der Waals surface area contributed by atoms with E-state index < -0.39 is 0 Å². The van der Waals surface area contributed by atoms with Gasteiger partial charge < -0.3 is 10.1 Å². The molecule has 0 saturated carbocycles. The van der Waals surface area contributed by atoms with E-state index in [4.69, 9.17) is 16.3 Å². The van der Waals surface area contributed by atoms with Gasteiger partial charge in [-0.1, -0.05) is 17.7 Å². The quantitative estimate of drug-likeness (QED) is 0.730. The number of rotatable bonds is 5. The van der Waals surface area contributed by atoms with E-state index in [9.17, 15) is 4.79 Å². The SMILES string of the molecule is COc1c(C(=O)NCc2cnc(Cl)cn2)cccc1-c1nnn(C)n1. The van der Waals surface area contributed by atoms with Gasteiger partial charge in [-0.15, -0.1) is 10.2 Å². The highest BCUT2D eigenvalue weighted by atomic mass is 35.5. The van der Waals surface area contributed by atoms with Gasteiger partial charge in [0.2, 0.25) is 5.82 Å². The minimum absolute atomic E-state index is 0.208. The number of carbonyl (C=O) groups is 1. The molecule has 3 rings (SSSR count). The first-order valence-electron chi connectivity index (χ1n) is 7.24. The lowest BCUT2D eigenvalue weighted by Gasteiger charge is -2.11. The standard InChI is InChI=1S/C15H14ClN7O2/c1-23-21-14(20-22-23)10-4-3-5-11(13(10)25-2)15(24)19-7-9-6-18-12(16)8-17-9/h3-6,8H,7H2,1-2H3,(H,19,24). The van der Waals surface area contributed by atoms with Gasteiger partial charge in [-0.2, -0.15) is 4.80 Å². The Bertz CT molecular complexity index is 895. The third-order valence-electron chi connectivity index (χ3n) is 3.32. The second-order valence-electron chi connectivity index (χ2n) is 5.00. The number of tetrazole rings is 1. The summed E-state index contributed by atoms with van der Waals surface area (Å²) in [4.78, 5) is 21.9. The molecule has 1 aromatic carbocycles. The normalized spacial score (nSPS) is 10.5. The Morgan fingerprint density at radius 3 is 2.80 bits per heavy atom. The molecule has 1 N–H and O–H groups in total. The van der Waals surface area contributed by atoms with Crippen molar-refractivity contribution < 1.29 is 9.53 Å². The Morgan fingerprint density at radius 1 is 1.32 bits per heavy atom. The van der Waals surface area contributed by atoms with Crippen LogP contribution in [0.2, 0.25) is 5.15 Å². The van der Waals surface area contributed by atoms with Crippen molar-refractivity contribution in [2.75, 3.05) is 7.11 Å². The van der Waals surface area contributed by atoms with E-state index in [1.54, 1.807) is 25.2 Å². The molecule has 0 radical (unpaired) electrons. The maximum atomic E-state index is 12.5. The zero-order valence-electron chi connectivity index (χ0n) is 13.5. The van der Waals surface area contributed by atoms with Crippen LogP contribution in [0.1, 0.15) is 16.1 Å². The summed E-state index contributed by atoms with van der Waals surface area (Å²) in [5.41, 5.74) is 1.52. The average molecular weight is 360 g/mol. The van der Waals surface area contributed by atoms with Crippen molar-refractivity contribution in [3.8, 4) is 17.1 Å². The lowest BCUT2D eigenvalue weighted by Crippen LogP contribution is -2.24. The molecule has 0 aliphatic carbocycles. The molecule has 10 heteroatoms. The number of carbonyl (C=O) groups excluding carboxylic acids is 1. The fourth-order valence-corrected chi connectivity index (χ4v) is 2.30. The molecular formula is C15H14ClN7O2. The number of hydrogen-bond acceptors (Lipinski definition) is 7. The van der Waals surface area contributed by atoms with E-state index >= 15 is 0 Å². The van der Waals surface area contributed by atoms with Crippen molar-refractivity contribution in [3.05, 3.63) is 47.0 Å². The van der Waals surface area contributed by atoms with Gasteiger partial charge in [0, 0.05) is 0 Å². The van der Waals surface area contributed by atoms with Crippen LogP contribution in [0, 0.1) is 0 Å². The number of para-hydroxylation sites is 1. The van der Waals surface area contributed by atoms with E-state index in [0.717, 1.165) is 0 Å². The summed E-state index contributed by atoms with van der Waals surface area (Å²) in [5, 5.41) is 15.0. The predicted molar refractivity (Wildman–Crippen MR) is 89.0 cm³/mol. The number of nitrogens with one attached hydrogen (secondary N) is 1. The van der Waals surface area contributed by atoms with Crippen molar-refractivity contribution in [1.82, 2.24) is 35.5 Å². The smallest absolute Gasteiger partial charge is 0.255 e. The number of aromatic nitrogens is 6. The molecule has 128 valence electrons. The first kappa shape index (κ1) is 16.8. The van der Waals surface area contributed by atoms with Crippen molar-refractivity contribution in [1.29, 1.82) is 0 Å². The van der Waals surface area contributed by atoms with E-state index in [0.29, 0.717) is 33.5 Å². The molecule has 9 nitrogen and oxygen atoms in total. The van der Waals surface area contributed by atoms with Crippen LogP contribution in [0.15, 0.2) is 30.6 Å². The number of nitrogens with zero attached hydrogens (tertiary/aromatic N) is 6. The zero-order valence-corrected chi connectivity index (χ0v) is 14.2. The highest BCUT2D eigenvalue weighted by Gasteiger charge is 2.19. The van der Waals surface area contributed by atoms with E-state index in [1.807, 2.05) is 0 Å². The fourth-order valence-electron chi connectivity index (χ4n) is 2.20.